The van der Waals surface area contributed by atoms with E-state index in [1.54, 1.807) is 0 Å². The van der Waals surface area contributed by atoms with Crippen LogP contribution in [0, 0.1) is 5.92 Å². The highest BCUT2D eigenvalue weighted by Gasteiger charge is 2.20. The molecule has 2 aliphatic rings. The molecule has 1 aromatic rings. The molecule has 0 aromatic carbocycles. The van der Waals surface area contributed by atoms with Gasteiger partial charge in [-0.2, -0.15) is 0 Å². The van der Waals surface area contributed by atoms with Crippen LogP contribution in [0.4, 0.5) is 0 Å². The maximum atomic E-state index is 5.74. The first-order valence-corrected chi connectivity index (χ1v) is 7.66. The second kappa shape index (κ2) is 6.49. The van der Waals surface area contributed by atoms with Gasteiger partial charge in [-0.3, -0.25) is 4.98 Å². The maximum absolute atomic E-state index is 5.74. The molecule has 0 amide bonds. The Morgan fingerprint density at radius 2 is 2.00 bits per heavy atom. The topological polar surface area (TPSA) is 34.2 Å². The van der Waals surface area contributed by atoms with E-state index >= 15 is 0 Å². The molecule has 2 fully saturated rings. The van der Waals surface area contributed by atoms with Crippen LogP contribution in [0.25, 0.3) is 0 Å². The molecule has 3 heteroatoms. The molecule has 0 aliphatic heterocycles. The fourth-order valence-electron chi connectivity index (χ4n) is 2.45. The van der Waals surface area contributed by atoms with E-state index < -0.39 is 0 Å². The normalized spacial score (nSPS) is 19.4. The minimum atomic E-state index is 0.657. The van der Waals surface area contributed by atoms with Crippen LogP contribution in [0.3, 0.4) is 0 Å². The summed E-state index contributed by atoms with van der Waals surface area (Å²) in [5.41, 5.74) is 2.19. The Kier molecular flexibility index (Phi) is 4.46. The highest BCUT2D eigenvalue weighted by molar-refractivity contribution is 5.10. The van der Waals surface area contributed by atoms with Crippen LogP contribution < -0.4 is 5.32 Å². The third kappa shape index (κ3) is 4.29. The van der Waals surface area contributed by atoms with Crippen molar-refractivity contribution in [2.45, 2.75) is 57.7 Å². The second-order valence-electron chi connectivity index (χ2n) is 5.91. The van der Waals surface area contributed by atoms with Crippen LogP contribution in [0.5, 0.6) is 0 Å². The average Bonchev–Trinajstić information content (AvgIpc) is 3.18. The molecule has 1 N–H and O–H groups in total. The SMILES string of the molecule is c1cc(CNC2CC2)nc(COCCC2CCC2)c1. The largest absolute Gasteiger partial charge is 0.375 e. The van der Waals surface area contributed by atoms with E-state index in [9.17, 15) is 0 Å². The lowest BCUT2D eigenvalue weighted by molar-refractivity contribution is 0.0928. The molecule has 0 atom stereocenters. The molecule has 3 nitrogen and oxygen atoms in total. The Balaban J connectivity index is 1.37. The Morgan fingerprint density at radius 3 is 2.74 bits per heavy atom. The molecule has 0 spiro atoms. The summed E-state index contributed by atoms with van der Waals surface area (Å²) in [5, 5.41) is 3.49. The summed E-state index contributed by atoms with van der Waals surface area (Å²) in [6.07, 6.45) is 8.10. The first-order valence-electron chi connectivity index (χ1n) is 7.66. The molecule has 2 saturated carbocycles. The van der Waals surface area contributed by atoms with E-state index in [0.29, 0.717) is 6.61 Å². The van der Waals surface area contributed by atoms with Gasteiger partial charge in [0.15, 0.2) is 0 Å². The molecule has 1 heterocycles. The monoisotopic (exact) mass is 260 g/mol. The van der Waals surface area contributed by atoms with E-state index in [-0.39, 0.29) is 0 Å². The van der Waals surface area contributed by atoms with E-state index in [1.165, 1.54) is 38.5 Å². The molecule has 2 aliphatic carbocycles. The van der Waals surface area contributed by atoms with Crippen molar-refractivity contribution in [3.63, 3.8) is 0 Å². The lowest BCUT2D eigenvalue weighted by atomic mass is 9.83. The van der Waals surface area contributed by atoms with Gasteiger partial charge in [0, 0.05) is 19.2 Å². The fraction of sp³-hybridized carbons (Fsp3) is 0.688. The summed E-state index contributed by atoms with van der Waals surface area (Å²) in [7, 11) is 0. The fourth-order valence-corrected chi connectivity index (χ4v) is 2.45. The smallest absolute Gasteiger partial charge is 0.0887 e. The predicted molar refractivity (Wildman–Crippen MR) is 75.7 cm³/mol. The molecule has 1 aromatic heterocycles. The van der Waals surface area contributed by atoms with Gasteiger partial charge in [-0.15, -0.1) is 0 Å². The van der Waals surface area contributed by atoms with Gasteiger partial charge in [0.05, 0.1) is 18.0 Å². The predicted octanol–water partition coefficient (Wildman–Crippen LogP) is 3.04. The van der Waals surface area contributed by atoms with Crippen LogP contribution >= 0.6 is 0 Å². The lowest BCUT2D eigenvalue weighted by Gasteiger charge is -2.24. The standard InChI is InChI=1S/C16H24N2O/c1-3-13(4-1)9-10-19-12-16-6-2-5-15(18-16)11-17-14-7-8-14/h2,5-6,13-14,17H,1,3-4,7-12H2. The summed E-state index contributed by atoms with van der Waals surface area (Å²) < 4.78 is 5.74. The zero-order valence-electron chi connectivity index (χ0n) is 11.6. The van der Waals surface area contributed by atoms with Crippen molar-refractivity contribution in [1.82, 2.24) is 10.3 Å². The van der Waals surface area contributed by atoms with Crippen LogP contribution in [-0.2, 0) is 17.9 Å². The Hall–Kier alpha value is -0.930. The number of aromatic nitrogens is 1. The number of nitrogens with zero attached hydrogens (tertiary/aromatic N) is 1. The Morgan fingerprint density at radius 1 is 1.16 bits per heavy atom. The van der Waals surface area contributed by atoms with Gasteiger partial charge < -0.3 is 10.1 Å². The highest BCUT2D eigenvalue weighted by atomic mass is 16.5. The first-order chi connectivity index (χ1) is 9.40. The number of pyridine rings is 1. The van der Waals surface area contributed by atoms with E-state index in [1.807, 2.05) is 0 Å². The van der Waals surface area contributed by atoms with Crippen molar-refractivity contribution < 1.29 is 4.74 Å². The van der Waals surface area contributed by atoms with E-state index in [4.69, 9.17) is 4.74 Å². The molecule has 104 valence electrons. The molecular formula is C16H24N2O. The summed E-state index contributed by atoms with van der Waals surface area (Å²) in [4.78, 5) is 4.64. The zero-order valence-corrected chi connectivity index (χ0v) is 11.6. The summed E-state index contributed by atoms with van der Waals surface area (Å²) in [6, 6.07) is 6.97. The Bertz CT molecular complexity index is 399. The second-order valence-corrected chi connectivity index (χ2v) is 5.91. The van der Waals surface area contributed by atoms with Crippen LogP contribution in [0.1, 0.15) is 49.9 Å². The maximum Gasteiger partial charge on any atom is 0.0887 e. The molecule has 0 radical (unpaired) electrons. The van der Waals surface area contributed by atoms with Crippen molar-refractivity contribution in [3.05, 3.63) is 29.6 Å². The molecule has 3 rings (SSSR count). The number of nitrogens with one attached hydrogen (secondary N) is 1. The summed E-state index contributed by atoms with van der Waals surface area (Å²) in [6.45, 7) is 2.43. The average molecular weight is 260 g/mol. The molecule has 19 heavy (non-hydrogen) atoms. The van der Waals surface area contributed by atoms with Gasteiger partial charge in [0.2, 0.25) is 0 Å². The van der Waals surface area contributed by atoms with Gasteiger partial charge >= 0.3 is 0 Å². The quantitative estimate of drug-likeness (QED) is 0.729. The van der Waals surface area contributed by atoms with Crippen LogP contribution in [0.2, 0.25) is 0 Å². The van der Waals surface area contributed by atoms with Crippen molar-refractivity contribution in [2.24, 2.45) is 5.92 Å². The van der Waals surface area contributed by atoms with Crippen molar-refractivity contribution in [2.75, 3.05) is 6.61 Å². The van der Waals surface area contributed by atoms with Crippen molar-refractivity contribution >= 4 is 0 Å². The van der Waals surface area contributed by atoms with Gasteiger partial charge in [0.25, 0.3) is 0 Å². The minimum Gasteiger partial charge on any atom is -0.375 e. The molecular weight excluding hydrogens is 236 g/mol. The van der Waals surface area contributed by atoms with Gasteiger partial charge in [-0.1, -0.05) is 25.3 Å². The number of hydrogen-bond acceptors (Lipinski definition) is 3. The minimum absolute atomic E-state index is 0.657. The van der Waals surface area contributed by atoms with Gasteiger partial charge in [-0.25, -0.2) is 0 Å². The number of ether oxygens (including phenoxy) is 1. The number of rotatable bonds is 8. The highest BCUT2D eigenvalue weighted by Crippen LogP contribution is 2.29. The van der Waals surface area contributed by atoms with Crippen molar-refractivity contribution in [3.8, 4) is 0 Å². The van der Waals surface area contributed by atoms with Gasteiger partial charge in [-0.05, 0) is 37.3 Å². The molecule has 0 unspecified atom stereocenters. The van der Waals surface area contributed by atoms with E-state index in [2.05, 4.69) is 28.5 Å². The molecule has 0 saturated heterocycles. The Labute approximate surface area is 115 Å². The zero-order chi connectivity index (χ0) is 12.9. The third-order valence-electron chi connectivity index (χ3n) is 4.16. The van der Waals surface area contributed by atoms with Crippen LogP contribution in [-0.4, -0.2) is 17.6 Å². The van der Waals surface area contributed by atoms with Crippen LogP contribution in [0.15, 0.2) is 18.2 Å². The first kappa shape index (κ1) is 13.1. The molecule has 0 bridgehead atoms. The third-order valence-corrected chi connectivity index (χ3v) is 4.16. The van der Waals surface area contributed by atoms with E-state index in [0.717, 1.165) is 36.5 Å². The summed E-state index contributed by atoms with van der Waals surface area (Å²) >= 11 is 0. The number of hydrogen-bond donors (Lipinski definition) is 1. The summed E-state index contributed by atoms with van der Waals surface area (Å²) in [5.74, 6) is 0.932. The lowest BCUT2D eigenvalue weighted by Crippen LogP contribution is -2.16. The van der Waals surface area contributed by atoms with Crippen molar-refractivity contribution in [1.29, 1.82) is 0 Å². The van der Waals surface area contributed by atoms with Gasteiger partial charge in [0.1, 0.15) is 0 Å².